The second-order valence-corrected chi connectivity index (χ2v) is 6.75. The van der Waals surface area contributed by atoms with Gasteiger partial charge in [0.15, 0.2) is 5.82 Å². The molecule has 2 rings (SSSR count). The molecule has 0 radical (unpaired) electrons. The number of urea groups is 1. The molecule has 1 heterocycles. The summed E-state index contributed by atoms with van der Waals surface area (Å²) in [5.74, 6) is 0.704. The van der Waals surface area contributed by atoms with Crippen molar-refractivity contribution in [3.63, 3.8) is 0 Å². The van der Waals surface area contributed by atoms with Gasteiger partial charge >= 0.3 is 6.03 Å². The van der Waals surface area contributed by atoms with Crippen molar-refractivity contribution in [1.82, 2.24) is 15.1 Å². The fourth-order valence-corrected chi connectivity index (χ4v) is 2.70. The van der Waals surface area contributed by atoms with E-state index in [0.717, 1.165) is 25.7 Å². The van der Waals surface area contributed by atoms with Gasteiger partial charge in [0.05, 0.1) is 5.54 Å². The van der Waals surface area contributed by atoms with Crippen LogP contribution in [0.1, 0.15) is 46.5 Å². The number of hydrogen-bond acceptors (Lipinski definition) is 3. The van der Waals surface area contributed by atoms with Crippen molar-refractivity contribution in [2.45, 2.75) is 58.0 Å². The Morgan fingerprint density at radius 2 is 2.14 bits per heavy atom. The monoisotopic (exact) mass is 294 g/mol. The molecule has 1 aromatic rings. The summed E-state index contributed by atoms with van der Waals surface area (Å²) in [7, 11) is 0. The number of hydrogen-bond donors (Lipinski definition) is 3. The SMILES string of the molecule is CC(C)(C)n1ccc(NC(=O)N[C@H]2CCCC[C@@H]2CO)n1. The van der Waals surface area contributed by atoms with Crippen molar-refractivity contribution in [3.05, 3.63) is 12.3 Å². The summed E-state index contributed by atoms with van der Waals surface area (Å²) in [5, 5.41) is 19.4. The summed E-state index contributed by atoms with van der Waals surface area (Å²) in [6.45, 7) is 6.29. The van der Waals surface area contributed by atoms with Crippen LogP contribution >= 0.6 is 0 Å². The van der Waals surface area contributed by atoms with E-state index in [9.17, 15) is 9.90 Å². The first-order chi connectivity index (χ1) is 9.90. The molecule has 6 nitrogen and oxygen atoms in total. The molecule has 0 aromatic carbocycles. The number of carbonyl (C=O) groups is 1. The van der Waals surface area contributed by atoms with E-state index < -0.39 is 0 Å². The third-order valence-corrected chi connectivity index (χ3v) is 3.98. The molecule has 2 atom stereocenters. The first-order valence-electron chi connectivity index (χ1n) is 7.64. The lowest BCUT2D eigenvalue weighted by atomic mass is 9.85. The Bertz CT molecular complexity index is 478. The molecule has 1 aliphatic rings. The molecule has 1 aromatic heterocycles. The molecule has 1 saturated carbocycles. The van der Waals surface area contributed by atoms with E-state index >= 15 is 0 Å². The minimum absolute atomic E-state index is 0.0495. The molecule has 0 spiro atoms. The van der Waals surface area contributed by atoms with Crippen LogP contribution in [0.5, 0.6) is 0 Å². The zero-order valence-corrected chi connectivity index (χ0v) is 13.1. The van der Waals surface area contributed by atoms with E-state index in [2.05, 4.69) is 36.5 Å². The quantitative estimate of drug-likeness (QED) is 0.800. The highest BCUT2D eigenvalue weighted by Gasteiger charge is 2.26. The average molecular weight is 294 g/mol. The van der Waals surface area contributed by atoms with Gasteiger partial charge in [-0.05, 0) is 33.6 Å². The number of aliphatic hydroxyl groups excluding tert-OH is 1. The van der Waals surface area contributed by atoms with Gasteiger partial charge < -0.3 is 10.4 Å². The molecule has 0 unspecified atom stereocenters. The van der Waals surface area contributed by atoms with Gasteiger partial charge in [0.25, 0.3) is 0 Å². The summed E-state index contributed by atoms with van der Waals surface area (Å²) in [4.78, 5) is 12.0. The minimum Gasteiger partial charge on any atom is -0.396 e. The Morgan fingerprint density at radius 3 is 2.76 bits per heavy atom. The normalized spacial score (nSPS) is 22.9. The third-order valence-electron chi connectivity index (χ3n) is 3.98. The van der Waals surface area contributed by atoms with Gasteiger partial charge in [0.1, 0.15) is 0 Å². The smallest absolute Gasteiger partial charge is 0.320 e. The highest BCUT2D eigenvalue weighted by Crippen LogP contribution is 2.24. The maximum atomic E-state index is 12.0. The average Bonchev–Trinajstić information content (AvgIpc) is 2.87. The lowest BCUT2D eigenvalue weighted by molar-refractivity contribution is 0.156. The number of aliphatic hydroxyl groups is 1. The van der Waals surface area contributed by atoms with Gasteiger partial charge in [-0.25, -0.2) is 4.79 Å². The van der Waals surface area contributed by atoms with Crippen molar-refractivity contribution in [2.24, 2.45) is 5.92 Å². The molecular formula is C15H26N4O2. The topological polar surface area (TPSA) is 79.2 Å². The Balaban J connectivity index is 1.91. The van der Waals surface area contributed by atoms with Crippen LogP contribution in [0.15, 0.2) is 12.3 Å². The zero-order chi connectivity index (χ0) is 15.5. The van der Waals surface area contributed by atoms with E-state index in [1.165, 1.54) is 0 Å². The van der Waals surface area contributed by atoms with Gasteiger partial charge in [-0.15, -0.1) is 0 Å². The van der Waals surface area contributed by atoms with Crippen LogP contribution in [0.2, 0.25) is 0 Å². The van der Waals surface area contributed by atoms with Gasteiger partial charge in [0.2, 0.25) is 0 Å². The molecule has 21 heavy (non-hydrogen) atoms. The Hall–Kier alpha value is -1.56. The second kappa shape index (κ2) is 6.47. The van der Waals surface area contributed by atoms with E-state index in [-0.39, 0.29) is 30.1 Å². The number of carbonyl (C=O) groups excluding carboxylic acids is 1. The molecular weight excluding hydrogens is 268 g/mol. The Kier molecular flexibility index (Phi) is 4.88. The summed E-state index contributed by atoms with van der Waals surface area (Å²) in [6.07, 6.45) is 5.98. The van der Waals surface area contributed by atoms with Crippen molar-refractivity contribution in [2.75, 3.05) is 11.9 Å². The molecule has 3 N–H and O–H groups in total. The maximum Gasteiger partial charge on any atom is 0.320 e. The number of nitrogens with one attached hydrogen (secondary N) is 2. The number of nitrogens with zero attached hydrogens (tertiary/aromatic N) is 2. The first-order valence-corrected chi connectivity index (χ1v) is 7.64. The fourth-order valence-electron chi connectivity index (χ4n) is 2.70. The highest BCUT2D eigenvalue weighted by molar-refractivity contribution is 5.88. The van der Waals surface area contributed by atoms with Crippen molar-refractivity contribution in [1.29, 1.82) is 0 Å². The zero-order valence-electron chi connectivity index (χ0n) is 13.1. The van der Waals surface area contributed by atoms with Crippen molar-refractivity contribution in [3.8, 4) is 0 Å². The Morgan fingerprint density at radius 1 is 1.43 bits per heavy atom. The molecule has 0 saturated heterocycles. The number of anilines is 1. The van der Waals surface area contributed by atoms with Crippen molar-refractivity contribution >= 4 is 11.8 Å². The first kappa shape index (κ1) is 15.8. The van der Waals surface area contributed by atoms with Crippen molar-refractivity contribution < 1.29 is 9.90 Å². The molecule has 0 bridgehead atoms. The molecule has 118 valence electrons. The number of aromatic nitrogens is 2. The largest absolute Gasteiger partial charge is 0.396 e. The lowest BCUT2D eigenvalue weighted by Crippen LogP contribution is -2.45. The second-order valence-electron chi connectivity index (χ2n) is 6.75. The van der Waals surface area contributed by atoms with Crippen LogP contribution in [0.4, 0.5) is 10.6 Å². The van der Waals surface area contributed by atoms with Gasteiger partial charge in [-0.1, -0.05) is 12.8 Å². The van der Waals surface area contributed by atoms with Gasteiger partial charge in [0, 0.05) is 30.8 Å². The van der Waals surface area contributed by atoms with Crippen LogP contribution in [-0.4, -0.2) is 33.6 Å². The number of amides is 2. The maximum absolute atomic E-state index is 12.0. The predicted octanol–water partition coefficient (Wildman–Crippen LogP) is 2.31. The van der Waals surface area contributed by atoms with Crippen LogP contribution in [0.3, 0.4) is 0 Å². The summed E-state index contributed by atoms with van der Waals surface area (Å²) < 4.78 is 1.82. The molecule has 6 heteroatoms. The summed E-state index contributed by atoms with van der Waals surface area (Å²) in [6, 6.07) is 1.59. The van der Waals surface area contributed by atoms with Crippen LogP contribution < -0.4 is 10.6 Å². The van der Waals surface area contributed by atoms with Gasteiger partial charge in [-0.3, -0.25) is 10.00 Å². The molecule has 2 amide bonds. The van der Waals surface area contributed by atoms with E-state index in [4.69, 9.17) is 0 Å². The highest BCUT2D eigenvalue weighted by atomic mass is 16.3. The predicted molar refractivity (Wildman–Crippen MR) is 82.2 cm³/mol. The van der Waals surface area contributed by atoms with Gasteiger partial charge in [-0.2, -0.15) is 5.10 Å². The molecule has 1 fully saturated rings. The summed E-state index contributed by atoms with van der Waals surface area (Å²) in [5.41, 5.74) is -0.109. The summed E-state index contributed by atoms with van der Waals surface area (Å²) >= 11 is 0. The molecule has 1 aliphatic carbocycles. The van der Waals surface area contributed by atoms with E-state index in [0.29, 0.717) is 5.82 Å². The number of rotatable bonds is 3. The van der Waals surface area contributed by atoms with Crippen LogP contribution in [0, 0.1) is 5.92 Å². The standard InChI is InChI=1S/C15H26N4O2/c1-15(2,3)19-9-8-13(18-19)17-14(21)16-12-7-5-4-6-11(12)10-20/h8-9,11-12,20H,4-7,10H2,1-3H3,(H2,16,17,18,21)/t11-,12+/m1/s1. The lowest BCUT2D eigenvalue weighted by Gasteiger charge is -2.30. The third kappa shape index (κ3) is 4.20. The fraction of sp³-hybridized carbons (Fsp3) is 0.733. The minimum atomic E-state index is -0.250. The van der Waals surface area contributed by atoms with Crippen LogP contribution in [-0.2, 0) is 5.54 Å². The Labute approximate surface area is 125 Å². The van der Waals surface area contributed by atoms with Crippen LogP contribution in [0.25, 0.3) is 0 Å². The molecule has 0 aliphatic heterocycles. The van der Waals surface area contributed by atoms with E-state index in [1.807, 2.05) is 10.9 Å². The van der Waals surface area contributed by atoms with E-state index in [1.54, 1.807) is 6.07 Å².